The largest absolute Gasteiger partial charge is 0.508 e. The summed E-state index contributed by atoms with van der Waals surface area (Å²) in [5.41, 5.74) is 1.47. The van der Waals surface area contributed by atoms with Crippen molar-refractivity contribution in [1.29, 1.82) is 0 Å². The van der Waals surface area contributed by atoms with Crippen LogP contribution in [0.15, 0.2) is 42.5 Å². The van der Waals surface area contributed by atoms with Crippen LogP contribution in [0.2, 0.25) is 0 Å². The van der Waals surface area contributed by atoms with E-state index in [1.165, 1.54) is 13.2 Å². The molecule has 6 heteroatoms. The maximum atomic E-state index is 12.3. The Bertz CT molecular complexity index is 605. The van der Waals surface area contributed by atoms with Crippen LogP contribution in [0.4, 0.5) is 14.5 Å². The first-order valence-corrected chi connectivity index (χ1v) is 6.23. The van der Waals surface area contributed by atoms with Crippen LogP contribution in [-0.2, 0) is 6.54 Å². The summed E-state index contributed by atoms with van der Waals surface area (Å²) in [7, 11) is 1.39. The van der Waals surface area contributed by atoms with Crippen LogP contribution in [0.3, 0.4) is 0 Å². The van der Waals surface area contributed by atoms with Gasteiger partial charge in [-0.15, -0.1) is 0 Å². The summed E-state index contributed by atoms with van der Waals surface area (Å²) in [4.78, 5) is 0. The second kappa shape index (κ2) is 6.78. The summed E-state index contributed by atoms with van der Waals surface area (Å²) in [5.74, 6) is 0.385. The van der Waals surface area contributed by atoms with Gasteiger partial charge in [0.05, 0.1) is 7.11 Å². The molecule has 21 heavy (non-hydrogen) atoms. The molecule has 0 amide bonds. The van der Waals surface area contributed by atoms with E-state index in [2.05, 4.69) is 10.1 Å². The van der Waals surface area contributed by atoms with E-state index in [1.54, 1.807) is 36.4 Å². The predicted molar refractivity (Wildman–Crippen MR) is 75.1 cm³/mol. The van der Waals surface area contributed by atoms with Crippen LogP contribution in [0.1, 0.15) is 5.56 Å². The predicted octanol–water partition coefficient (Wildman–Crippen LogP) is 3.61. The smallest absolute Gasteiger partial charge is 0.387 e. The summed E-state index contributed by atoms with van der Waals surface area (Å²) in [6.45, 7) is -2.51. The molecule has 0 aliphatic heterocycles. The van der Waals surface area contributed by atoms with Crippen molar-refractivity contribution in [2.24, 2.45) is 0 Å². The van der Waals surface area contributed by atoms with E-state index in [4.69, 9.17) is 4.74 Å². The number of halogens is 2. The standard InChI is InChI=1S/C15H15F2NO3/c1-20-13-6-5-10(7-14(13)21-15(16)17)9-18-11-3-2-4-12(19)8-11/h2-8,15,18-19H,9H2,1H3. The van der Waals surface area contributed by atoms with Crippen molar-refractivity contribution in [1.82, 2.24) is 0 Å². The lowest BCUT2D eigenvalue weighted by Crippen LogP contribution is -2.05. The molecule has 0 aliphatic carbocycles. The second-order valence-corrected chi connectivity index (χ2v) is 4.27. The Labute approximate surface area is 120 Å². The van der Waals surface area contributed by atoms with Crippen LogP contribution >= 0.6 is 0 Å². The fourth-order valence-electron chi connectivity index (χ4n) is 1.84. The van der Waals surface area contributed by atoms with Gasteiger partial charge in [0, 0.05) is 18.3 Å². The highest BCUT2D eigenvalue weighted by Crippen LogP contribution is 2.29. The third kappa shape index (κ3) is 4.24. The molecular formula is C15H15F2NO3. The van der Waals surface area contributed by atoms with Gasteiger partial charge >= 0.3 is 6.61 Å². The molecule has 0 atom stereocenters. The van der Waals surface area contributed by atoms with Gasteiger partial charge in [0.2, 0.25) is 0 Å². The van der Waals surface area contributed by atoms with Crippen molar-refractivity contribution in [3.63, 3.8) is 0 Å². The number of alkyl halides is 2. The minimum atomic E-state index is -2.91. The zero-order valence-electron chi connectivity index (χ0n) is 11.3. The maximum Gasteiger partial charge on any atom is 0.387 e. The highest BCUT2D eigenvalue weighted by atomic mass is 19.3. The number of rotatable bonds is 6. The topological polar surface area (TPSA) is 50.7 Å². The molecule has 0 radical (unpaired) electrons. The van der Waals surface area contributed by atoms with Gasteiger partial charge in [-0.25, -0.2) is 0 Å². The maximum absolute atomic E-state index is 12.3. The lowest BCUT2D eigenvalue weighted by atomic mass is 10.2. The molecular weight excluding hydrogens is 280 g/mol. The third-order valence-corrected chi connectivity index (χ3v) is 2.79. The van der Waals surface area contributed by atoms with E-state index < -0.39 is 6.61 Å². The quantitative estimate of drug-likeness (QED) is 0.854. The van der Waals surface area contributed by atoms with E-state index in [-0.39, 0.29) is 17.2 Å². The van der Waals surface area contributed by atoms with Gasteiger partial charge in [0.1, 0.15) is 5.75 Å². The van der Waals surface area contributed by atoms with E-state index in [9.17, 15) is 13.9 Å². The molecule has 0 aliphatic rings. The molecule has 0 bridgehead atoms. The van der Waals surface area contributed by atoms with Crippen LogP contribution < -0.4 is 14.8 Å². The summed E-state index contributed by atoms with van der Waals surface area (Å²) in [5, 5.41) is 12.4. The zero-order chi connectivity index (χ0) is 15.2. The Morgan fingerprint density at radius 3 is 2.62 bits per heavy atom. The average molecular weight is 295 g/mol. The fourth-order valence-corrected chi connectivity index (χ4v) is 1.84. The second-order valence-electron chi connectivity index (χ2n) is 4.27. The Morgan fingerprint density at radius 1 is 1.14 bits per heavy atom. The average Bonchev–Trinajstić information content (AvgIpc) is 2.45. The molecule has 2 aromatic carbocycles. The van der Waals surface area contributed by atoms with Crippen molar-refractivity contribution < 1.29 is 23.4 Å². The van der Waals surface area contributed by atoms with Gasteiger partial charge < -0.3 is 19.9 Å². The van der Waals surface area contributed by atoms with Gasteiger partial charge in [-0.2, -0.15) is 8.78 Å². The lowest BCUT2D eigenvalue weighted by Gasteiger charge is -2.12. The van der Waals surface area contributed by atoms with Crippen LogP contribution in [0, 0.1) is 0 Å². The summed E-state index contributed by atoms with van der Waals surface area (Å²) < 4.78 is 34.1. The number of ether oxygens (including phenoxy) is 2. The van der Waals surface area contributed by atoms with Gasteiger partial charge in [-0.05, 0) is 29.8 Å². The monoisotopic (exact) mass is 295 g/mol. The Kier molecular flexibility index (Phi) is 4.81. The summed E-state index contributed by atoms with van der Waals surface area (Å²) >= 11 is 0. The molecule has 0 fully saturated rings. The van der Waals surface area contributed by atoms with Gasteiger partial charge in [-0.3, -0.25) is 0 Å². The summed E-state index contributed by atoms with van der Waals surface area (Å²) in [6.07, 6.45) is 0. The number of nitrogens with one attached hydrogen (secondary N) is 1. The number of benzene rings is 2. The Balaban J connectivity index is 2.09. The first kappa shape index (κ1) is 14.9. The van der Waals surface area contributed by atoms with Crippen molar-refractivity contribution in [3.8, 4) is 17.2 Å². The SMILES string of the molecule is COc1ccc(CNc2cccc(O)c2)cc1OC(F)F. The summed E-state index contributed by atoms with van der Waals surface area (Å²) in [6, 6.07) is 11.4. The van der Waals surface area contributed by atoms with Crippen LogP contribution in [0.5, 0.6) is 17.2 Å². The minimum absolute atomic E-state index is 0.0114. The fraction of sp³-hybridized carbons (Fsp3) is 0.200. The van der Waals surface area contributed by atoms with E-state index in [0.717, 1.165) is 11.3 Å². The van der Waals surface area contributed by atoms with E-state index in [0.29, 0.717) is 6.54 Å². The minimum Gasteiger partial charge on any atom is -0.508 e. The number of aromatic hydroxyl groups is 1. The molecule has 4 nitrogen and oxygen atoms in total. The van der Waals surface area contributed by atoms with Crippen molar-refractivity contribution >= 4 is 5.69 Å². The molecule has 0 saturated heterocycles. The number of phenols is 1. The van der Waals surface area contributed by atoms with Crippen molar-refractivity contribution in [2.75, 3.05) is 12.4 Å². The Hall–Kier alpha value is -2.50. The zero-order valence-corrected chi connectivity index (χ0v) is 11.3. The van der Waals surface area contributed by atoms with E-state index in [1.807, 2.05) is 0 Å². The first-order valence-electron chi connectivity index (χ1n) is 6.23. The van der Waals surface area contributed by atoms with Crippen LogP contribution in [0.25, 0.3) is 0 Å². The molecule has 0 saturated carbocycles. The number of phenolic OH excluding ortho intramolecular Hbond substituents is 1. The first-order chi connectivity index (χ1) is 10.1. The van der Waals surface area contributed by atoms with Crippen molar-refractivity contribution in [2.45, 2.75) is 13.2 Å². The van der Waals surface area contributed by atoms with Crippen LogP contribution in [-0.4, -0.2) is 18.8 Å². The molecule has 2 aromatic rings. The number of methoxy groups -OCH3 is 1. The highest BCUT2D eigenvalue weighted by Gasteiger charge is 2.11. The molecule has 0 spiro atoms. The molecule has 0 unspecified atom stereocenters. The van der Waals surface area contributed by atoms with Gasteiger partial charge in [0.15, 0.2) is 11.5 Å². The molecule has 0 heterocycles. The van der Waals surface area contributed by atoms with Gasteiger partial charge in [0.25, 0.3) is 0 Å². The number of hydrogen-bond acceptors (Lipinski definition) is 4. The molecule has 0 aromatic heterocycles. The number of hydrogen-bond donors (Lipinski definition) is 2. The molecule has 2 N–H and O–H groups in total. The Morgan fingerprint density at radius 2 is 1.95 bits per heavy atom. The lowest BCUT2D eigenvalue weighted by molar-refractivity contribution is -0.0512. The van der Waals surface area contributed by atoms with Crippen molar-refractivity contribution in [3.05, 3.63) is 48.0 Å². The van der Waals surface area contributed by atoms with Gasteiger partial charge in [-0.1, -0.05) is 12.1 Å². The molecule has 112 valence electrons. The van der Waals surface area contributed by atoms with E-state index >= 15 is 0 Å². The third-order valence-electron chi connectivity index (χ3n) is 2.79. The number of anilines is 1. The normalized spacial score (nSPS) is 10.5. The molecule has 2 rings (SSSR count). The highest BCUT2D eigenvalue weighted by molar-refractivity contribution is 5.49.